The number of unbranched alkanes of at least 4 members (excludes halogenated alkanes) is 8. The van der Waals surface area contributed by atoms with Crippen molar-refractivity contribution in [2.24, 2.45) is 11.3 Å². The van der Waals surface area contributed by atoms with E-state index in [4.69, 9.17) is 0 Å². The van der Waals surface area contributed by atoms with Gasteiger partial charge in [0.1, 0.15) is 0 Å². The third kappa shape index (κ3) is 8.85. The molecule has 1 rings (SSSR count). The Kier molecular flexibility index (Phi) is 11.0. The molecule has 0 aromatic carbocycles. The summed E-state index contributed by atoms with van der Waals surface area (Å²) in [4.78, 5) is 0. The van der Waals surface area contributed by atoms with Gasteiger partial charge in [0.05, 0.1) is 0 Å². The Morgan fingerprint density at radius 2 is 1.32 bits per heavy atom. The van der Waals surface area contributed by atoms with Gasteiger partial charge in [-0.2, -0.15) is 11.8 Å². The molecule has 0 aliphatic heterocycles. The van der Waals surface area contributed by atoms with Gasteiger partial charge in [-0.25, -0.2) is 0 Å². The highest BCUT2D eigenvalue weighted by Gasteiger charge is 2.33. The minimum atomic E-state index is 0.510. The van der Waals surface area contributed by atoms with Crippen LogP contribution in [0.5, 0.6) is 0 Å². The van der Waals surface area contributed by atoms with E-state index in [0.717, 1.165) is 11.2 Å². The molecule has 0 radical (unpaired) electrons. The van der Waals surface area contributed by atoms with Crippen molar-refractivity contribution in [2.75, 3.05) is 5.75 Å². The van der Waals surface area contributed by atoms with Crippen LogP contribution in [0.2, 0.25) is 0 Å². The van der Waals surface area contributed by atoms with Crippen LogP contribution in [0.25, 0.3) is 0 Å². The summed E-state index contributed by atoms with van der Waals surface area (Å²) in [7, 11) is 0. The summed E-state index contributed by atoms with van der Waals surface area (Å²) in [5.41, 5.74) is 0.510. The van der Waals surface area contributed by atoms with Crippen molar-refractivity contribution < 1.29 is 0 Å². The minimum absolute atomic E-state index is 0.510. The molecule has 0 aromatic rings. The van der Waals surface area contributed by atoms with E-state index in [-0.39, 0.29) is 0 Å². The van der Waals surface area contributed by atoms with E-state index in [0.29, 0.717) is 5.41 Å². The van der Waals surface area contributed by atoms with Crippen LogP contribution in [0.4, 0.5) is 0 Å². The summed E-state index contributed by atoms with van der Waals surface area (Å²) in [6.45, 7) is 9.66. The summed E-state index contributed by atoms with van der Waals surface area (Å²) >= 11 is 2.31. The molecule has 0 saturated heterocycles. The lowest BCUT2D eigenvalue weighted by Gasteiger charge is -2.40. The zero-order chi connectivity index (χ0) is 16.3. The zero-order valence-corrected chi connectivity index (χ0v) is 16.8. The van der Waals surface area contributed by atoms with Gasteiger partial charge in [-0.3, -0.25) is 0 Å². The zero-order valence-electron chi connectivity index (χ0n) is 16.0. The lowest BCUT2D eigenvalue weighted by Crippen LogP contribution is -2.33. The number of rotatable bonds is 11. The maximum Gasteiger partial charge on any atom is 0.00803 e. The maximum absolute atomic E-state index is 2.45. The van der Waals surface area contributed by atoms with Crippen molar-refractivity contribution in [3.63, 3.8) is 0 Å². The van der Waals surface area contributed by atoms with Crippen molar-refractivity contribution >= 4 is 11.8 Å². The molecule has 1 aliphatic carbocycles. The highest BCUT2D eigenvalue weighted by atomic mass is 32.2. The first-order valence-corrected chi connectivity index (χ1v) is 11.2. The van der Waals surface area contributed by atoms with Crippen molar-refractivity contribution in [3.05, 3.63) is 0 Å². The Morgan fingerprint density at radius 1 is 0.773 bits per heavy atom. The molecule has 1 saturated carbocycles. The Balaban J connectivity index is 2.01. The molecule has 0 heterocycles. The lowest BCUT2D eigenvalue weighted by molar-refractivity contribution is 0.187. The van der Waals surface area contributed by atoms with Gasteiger partial charge in [-0.1, -0.05) is 91.9 Å². The van der Waals surface area contributed by atoms with E-state index in [1.165, 1.54) is 89.2 Å². The van der Waals surface area contributed by atoms with E-state index in [2.05, 4.69) is 39.5 Å². The predicted octanol–water partition coefficient (Wildman–Crippen LogP) is 7.86. The normalized spacial score (nSPS) is 22.9. The number of hydrogen-bond acceptors (Lipinski definition) is 1. The summed E-state index contributed by atoms with van der Waals surface area (Å²) in [6, 6.07) is 0. The average Bonchev–Trinajstić information content (AvgIpc) is 2.48. The Hall–Kier alpha value is 0.350. The molecule has 0 nitrogen and oxygen atoms in total. The summed E-state index contributed by atoms with van der Waals surface area (Å²) < 4.78 is 0. The largest absolute Gasteiger partial charge is 0.158 e. The molecular weight excluding hydrogens is 284 g/mol. The smallest absolute Gasteiger partial charge is 0.00803 e. The first-order chi connectivity index (χ1) is 10.6. The van der Waals surface area contributed by atoms with Crippen LogP contribution in [0, 0.1) is 11.3 Å². The number of hydrogen-bond donors (Lipinski definition) is 0. The fraction of sp³-hybridized carbons (Fsp3) is 1.00. The average molecular weight is 327 g/mol. The van der Waals surface area contributed by atoms with Crippen LogP contribution in [0.15, 0.2) is 0 Å². The van der Waals surface area contributed by atoms with Crippen molar-refractivity contribution in [3.8, 4) is 0 Å². The molecular formula is C21H42S. The van der Waals surface area contributed by atoms with Crippen LogP contribution in [-0.4, -0.2) is 11.0 Å². The van der Waals surface area contributed by atoms with E-state index in [1.54, 1.807) is 0 Å². The lowest BCUT2D eigenvalue weighted by atomic mass is 9.72. The molecule has 2 atom stereocenters. The molecule has 2 unspecified atom stereocenters. The Bertz CT molecular complexity index is 253. The fourth-order valence-corrected chi connectivity index (χ4v) is 5.72. The number of thioether (sulfide) groups is 1. The van der Waals surface area contributed by atoms with Gasteiger partial charge in [-0.05, 0) is 36.3 Å². The third-order valence-corrected chi connectivity index (χ3v) is 6.91. The van der Waals surface area contributed by atoms with E-state index in [9.17, 15) is 0 Å². The topological polar surface area (TPSA) is 0 Å². The van der Waals surface area contributed by atoms with Crippen LogP contribution in [0.1, 0.15) is 111 Å². The van der Waals surface area contributed by atoms with Crippen LogP contribution in [-0.2, 0) is 0 Å². The van der Waals surface area contributed by atoms with Crippen LogP contribution in [0.3, 0.4) is 0 Å². The molecule has 0 bridgehead atoms. The standard InChI is InChI=1S/C21H42S/c1-5-6-7-8-9-10-11-12-15-18-22-20-17-14-13-16-19(20)21(2,3)4/h19-20H,5-18H2,1-4H3. The fourth-order valence-electron chi connectivity index (χ4n) is 3.93. The molecule has 1 aliphatic rings. The van der Waals surface area contributed by atoms with Gasteiger partial charge >= 0.3 is 0 Å². The summed E-state index contributed by atoms with van der Waals surface area (Å²) in [5, 5.41) is 0.947. The molecule has 132 valence electrons. The highest BCUT2D eigenvalue weighted by Crippen LogP contribution is 2.43. The van der Waals surface area contributed by atoms with E-state index >= 15 is 0 Å². The molecule has 1 heteroatoms. The molecule has 0 amide bonds. The third-order valence-electron chi connectivity index (χ3n) is 5.39. The minimum Gasteiger partial charge on any atom is -0.158 e. The van der Waals surface area contributed by atoms with Crippen molar-refractivity contribution in [2.45, 2.75) is 116 Å². The van der Waals surface area contributed by atoms with Gasteiger partial charge in [0, 0.05) is 5.25 Å². The van der Waals surface area contributed by atoms with Gasteiger partial charge in [0.15, 0.2) is 0 Å². The first kappa shape index (κ1) is 20.4. The molecule has 0 N–H and O–H groups in total. The molecule has 1 fully saturated rings. The van der Waals surface area contributed by atoms with Crippen LogP contribution < -0.4 is 0 Å². The Morgan fingerprint density at radius 3 is 1.91 bits per heavy atom. The van der Waals surface area contributed by atoms with E-state index < -0.39 is 0 Å². The SMILES string of the molecule is CCCCCCCCCCCSC1CCCCC1C(C)(C)C. The first-order valence-electron chi connectivity index (χ1n) is 10.2. The van der Waals surface area contributed by atoms with Gasteiger partial charge in [0.25, 0.3) is 0 Å². The maximum atomic E-state index is 2.45. The second-order valence-corrected chi connectivity index (χ2v) is 9.84. The summed E-state index contributed by atoms with van der Waals surface area (Å²) in [5.74, 6) is 2.36. The molecule has 0 aromatic heterocycles. The highest BCUT2D eigenvalue weighted by molar-refractivity contribution is 7.99. The quantitative estimate of drug-likeness (QED) is 0.348. The second-order valence-electron chi connectivity index (χ2n) is 8.49. The van der Waals surface area contributed by atoms with Gasteiger partial charge in [-0.15, -0.1) is 0 Å². The van der Waals surface area contributed by atoms with Crippen molar-refractivity contribution in [1.82, 2.24) is 0 Å². The summed E-state index contributed by atoms with van der Waals surface area (Å²) in [6.07, 6.45) is 19.0. The second kappa shape index (κ2) is 11.8. The van der Waals surface area contributed by atoms with E-state index in [1.807, 2.05) is 0 Å². The Labute approximate surface area is 145 Å². The molecule has 22 heavy (non-hydrogen) atoms. The monoisotopic (exact) mass is 326 g/mol. The van der Waals surface area contributed by atoms with Crippen LogP contribution >= 0.6 is 11.8 Å². The predicted molar refractivity (Wildman–Crippen MR) is 105 cm³/mol. The van der Waals surface area contributed by atoms with Gasteiger partial charge < -0.3 is 0 Å². The molecule has 0 spiro atoms. The van der Waals surface area contributed by atoms with Gasteiger partial charge in [0.2, 0.25) is 0 Å². The van der Waals surface area contributed by atoms with Crippen molar-refractivity contribution in [1.29, 1.82) is 0 Å².